The molecule has 0 saturated heterocycles. The van der Waals surface area contributed by atoms with Crippen LogP contribution in [0.2, 0.25) is 0 Å². The van der Waals surface area contributed by atoms with Gasteiger partial charge in [0.25, 0.3) is 6.73 Å². The zero-order chi connectivity index (χ0) is 17.1. The van der Waals surface area contributed by atoms with E-state index in [0.717, 1.165) is 22.7 Å². The first-order chi connectivity index (χ1) is 12.3. The predicted octanol–water partition coefficient (Wildman–Crippen LogP) is 5.16. The van der Waals surface area contributed by atoms with Gasteiger partial charge in [0.15, 0.2) is 0 Å². The lowest BCUT2D eigenvalue weighted by atomic mass is 10.0. The summed E-state index contributed by atoms with van der Waals surface area (Å²) < 4.78 is 8.29. The van der Waals surface area contributed by atoms with E-state index < -0.39 is 0 Å². The number of benzene rings is 3. The molecule has 0 fully saturated rings. The van der Waals surface area contributed by atoms with E-state index in [4.69, 9.17) is 4.74 Å². The molecule has 0 atom stereocenters. The molecule has 0 saturated carbocycles. The second kappa shape index (κ2) is 6.78. The Morgan fingerprint density at radius 2 is 1.44 bits per heavy atom. The third kappa shape index (κ3) is 3.24. The Labute approximate surface area is 148 Å². The number of para-hydroxylation sites is 1. The van der Waals surface area contributed by atoms with Crippen LogP contribution in [0.3, 0.4) is 0 Å². The monoisotopic (exact) mass is 326 g/mol. The van der Waals surface area contributed by atoms with Gasteiger partial charge in [-0.1, -0.05) is 66.2 Å². The van der Waals surface area contributed by atoms with Crippen molar-refractivity contribution in [2.75, 3.05) is 6.73 Å². The highest BCUT2D eigenvalue weighted by molar-refractivity contribution is 6.09. The van der Waals surface area contributed by atoms with E-state index >= 15 is 0 Å². The smallest absolute Gasteiger partial charge is 0.293 e. The topological polar surface area (TPSA) is 12.2 Å². The SMILES string of the molecule is Cc1cccc(C2=[N+](c3ccccc3)COC(c3ccccc3)=C2)c1. The quantitative estimate of drug-likeness (QED) is 0.606. The molecule has 0 radical (unpaired) electrons. The summed E-state index contributed by atoms with van der Waals surface area (Å²) in [5.41, 5.74) is 5.82. The van der Waals surface area contributed by atoms with Gasteiger partial charge in [0.1, 0.15) is 5.76 Å². The predicted molar refractivity (Wildman–Crippen MR) is 102 cm³/mol. The summed E-state index contributed by atoms with van der Waals surface area (Å²) >= 11 is 0. The molecule has 0 unspecified atom stereocenters. The number of nitrogens with zero attached hydrogens (tertiary/aromatic N) is 1. The Bertz CT molecular complexity index is 940. The molecule has 0 N–H and O–H groups in total. The molecule has 0 amide bonds. The Morgan fingerprint density at radius 1 is 0.760 bits per heavy atom. The fraction of sp³-hybridized carbons (Fsp3) is 0.0870. The molecule has 122 valence electrons. The number of rotatable bonds is 3. The van der Waals surface area contributed by atoms with Gasteiger partial charge in [0.2, 0.25) is 11.4 Å². The minimum Gasteiger partial charge on any atom is -0.435 e. The summed E-state index contributed by atoms with van der Waals surface area (Å²) in [5, 5.41) is 0. The Kier molecular flexibility index (Phi) is 4.17. The van der Waals surface area contributed by atoms with E-state index in [1.807, 2.05) is 24.3 Å². The van der Waals surface area contributed by atoms with Gasteiger partial charge in [-0.25, -0.2) is 0 Å². The zero-order valence-electron chi connectivity index (χ0n) is 14.2. The highest BCUT2D eigenvalue weighted by Gasteiger charge is 2.25. The van der Waals surface area contributed by atoms with Crippen LogP contribution in [0, 0.1) is 6.92 Å². The van der Waals surface area contributed by atoms with E-state index in [-0.39, 0.29) is 0 Å². The van der Waals surface area contributed by atoms with Crippen LogP contribution in [-0.4, -0.2) is 17.0 Å². The van der Waals surface area contributed by atoms with Crippen LogP contribution < -0.4 is 0 Å². The van der Waals surface area contributed by atoms with Gasteiger partial charge in [-0.3, -0.25) is 0 Å². The molecule has 2 nitrogen and oxygen atoms in total. The van der Waals surface area contributed by atoms with Crippen molar-refractivity contribution in [3.63, 3.8) is 0 Å². The molecule has 3 aromatic rings. The molecular weight excluding hydrogens is 306 g/mol. The molecule has 1 heterocycles. The van der Waals surface area contributed by atoms with Crippen molar-refractivity contribution in [3.05, 3.63) is 108 Å². The molecule has 0 aromatic heterocycles. The van der Waals surface area contributed by atoms with Crippen LogP contribution >= 0.6 is 0 Å². The largest absolute Gasteiger partial charge is 0.435 e. The molecule has 0 bridgehead atoms. The summed E-state index contributed by atoms with van der Waals surface area (Å²) in [7, 11) is 0. The maximum atomic E-state index is 6.08. The molecule has 4 rings (SSSR count). The average Bonchev–Trinajstić information content (AvgIpc) is 2.69. The fourth-order valence-corrected chi connectivity index (χ4v) is 3.08. The van der Waals surface area contributed by atoms with Crippen molar-refractivity contribution in [3.8, 4) is 0 Å². The van der Waals surface area contributed by atoms with Crippen LogP contribution in [0.1, 0.15) is 16.7 Å². The molecule has 2 heteroatoms. The average molecular weight is 326 g/mol. The van der Waals surface area contributed by atoms with Crippen LogP contribution in [0.25, 0.3) is 5.76 Å². The molecular formula is C23H20NO+. The Morgan fingerprint density at radius 3 is 2.16 bits per heavy atom. The van der Waals surface area contributed by atoms with Crippen LogP contribution in [-0.2, 0) is 4.74 Å². The Balaban J connectivity index is 1.89. The van der Waals surface area contributed by atoms with Crippen molar-refractivity contribution in [1.82, 2.24) is 0 Å². The van der Waals surface area contributed by atoms with E-state index in [9.17, 15) is 0 Å². The van der Waals surface area contributed by atoms with Gasteiger partial charge >= 0.3 is 0 Å². The summed E-state index contributed by atoms with van der Waals surface area (Å²) in [6.45, 7) is 2.62. The van der Waals surface area contributed by atoms with Crippen molar-refractivity contribution < 1.29 is 9.31 Å². The summed E-state index contributed by atoms with van der Waals surface area (Å²) in [6, 6.07) is 29.2. The third-order valence-corrected chi connectivity index (χ3v) is 4.35. The summed E-state index contributed by atoms with van der Waals surface area (Å²) in [4.78, 5) is 0. The third-order valence-electron chi connectivity index (χ3n) is 4.35. The number of ether oxygens (including phenoxy) is 1. The van der Waals surface area contributed by atoms with Crippen molar-refractivity contribution in [2.45, 2.75) is 6.92 Å². The maximum Gasteiger partial charge on any atom is 0.293 e. The van der Waals surface area contributed by atoms with Gasteiger partial charge < -0.3 is 4.74 Å². The zero-order valence-corrected chi connectivity index (χ0v) is 14.2. The number of allylic oxidation sites excluding steroid dienone is 1. The van der Waals surface area contributed by atoms with Gasteiger partial charge in [-0.15, -0.1) is 0 Å². The van der Waals surface area contributed by atoms with Crippen molar-refractivity contribution in [2.24, 2.45) is 0 Å². The normalized spacial score (nSPS) is 14.0. The summed E-state index contributed by atoms with van der Waals surface area (Å²) in [6.07, 6.45) is 2.14. The van der Waals surface area contributed by atoms with E-state index in [2.05, 4.69) is 78.2 Å². The lowest BCUT2D eigenvalue weighted by Gasteiger charge is -2.17. The molecule has 1 aliphatic heterocycles. The minimum absolute atomic E-state index is 0.494. The van der Waals surface area contributed by atoms with Crippen LogP contribution in [0.15, 0.2) is 91.0 Å². The minimum atomic E-state index is 0.494. The van der Waals surface area contributed by atoms with E-state index in [1.165, 1.54) is 11.1 Å². The molecule has 1 aliphatic rings. The molecule has 3 aromatic carbocycles. The Hall–Kier alpha value is -3.13. The van der Waals surface area contributed by atoms with E-state index in [1.54, 1.807) is 0 Å². The maximum absolute atomic E-state index is 6.08. The van der Waals surface area contributed by atoms with Crippen molar-refractivity contribution >= 4 is 17.2 Å². The lowest BCUT2D eigenvalue weighted by molar-refractivity contribution is -0.483. The van der Waals surface area contributed by atoms with E-state index in [0.29, 0.717) is 6.73 Å². The highest BCUT2D eigenvalue weighted by atomic mass is 16.5. The van der Waals surface area contributed by atoms with Gasteiger partial charge in [0.05, 0.1) is 6.08 Å². The highest BCUT2D eigenvalue weighted by Crippen LogP contribution is 2.24. The fourth-order valence-electron chi connectivity index (χ4n) is 3.08. The summed E-state index contributed by atoms with van der Waals surface area (Å²) in [5.74, 6) is 0.907. The molecule has 0 aliphatic carbocycles. The first-order valence-corrected chi connectivity index (χ1v) is 8.48. The second-order valence-electron chi connectivity index (χ2n) is 6.17. The van der Waals surface area contributed by atoms with Gasteiger partial charge in [-0.05, 0) is 19.1 Å². The van der Waals surface area contributed by atoms with Crippen molar-refractivity contribution in [1.29, 1.82) is 0 Å². The van der Waals surface area contributed by atoms with Gasteiger partial charge in [0, 0.05) is 23.3 Å². The van der Waals surface area contributed by atoms with Crippen LogP contribution in [0.4, 0.5) is 5.69 Å². The molecule has 25 heavy (non-hydrogen) atoms. The standard InChI is InChI=1S/C23H20NO/c1-18-9-8-12-20(15-18)22-16-23(19-10-4-2-5-11-19)25-17-24(22)21-13-6-3-7-14-21/h2-16H,17H2,1H3/q+1. The number of hydrogen-bond donors (Lipinski definition) is 0. The molecule has 0 spiro atoms. The van der Waals surface area contributed by atoms with Crippen LogP contribution in [0.5, 0.6) is 0 Å². The lowest BCUT2D eigenvalue weighted by Crippen LogP contribution is -2.24. The number of aryl methyl sites for hydroxylation is 1. The second-order valence-corrected chi connectivity index (χ2v) is 6.17. The first-order valence-electron chi connectivity index (χ1n) is 8.48. The number of hydrogen-bond acceptors (Lipinski definition) is 1. The van der Waals surface area contributed by atoms with Gasteiger partial charge in [-0.2, -0.15) is 4.58 Å². The first kappa shape index (κ1) is 15.4.